The lowest BCUT2D eigenvalue weighted by Gasteiger charge is -2.18. The maximum absolute atomic E-state index is 13.1. The number of nitrogens with one attached hydrogen (secondary N) is 1. The Kier molecular flexibility index (Phi) is 6.00. The average Bonchev–Trinajstić information content (AvgIpc) is 2.52. The van der Waals surface area contributed by atoms with Gasteiger partial charge >= 0.3 is 0 Å². The molecule has 1 N–H and O–H groups in total. The number of benzene rings is 2. The topological polar surface area (TPSA) is 55.4 Å². The van der Waals surface area contributed by atoms with Crippen LogP contribution in [0.2, 0.25) is 10.0 Å². The third-order valence-corrected chi connectivity index (χ3v) is 5.25. The summed E-state index contributed by atoms with van der Waals surface area (Å²) in [5.41, 5.74) is 0.663. The third kappa shape index (κ3) is 4.43. The standard InChI is InChI=1S/C15H14Cl2FNO3S/c1-22-15(11-4-2-3-5-12(11)16)9-19-23(20,21)10-6-7-14(18)13(17)8-10/h2-8,15,19H,9H2,1H3/t15-/m1/s1. The first-order valence-corrected chi connectivity index (χ1v) is 8.81. The van der Waals surface area contributed by atoms with Gasteiger partial charge in [-0.1, -0.05) is 41.4 Å². The van der Waals surface area contributed by atoms with Crippen LogP contribution < -0.4 is 4.72 Å². The van der Waals surface area contributed by atoms with Crippen LogP contribution in [0.5, 0.6) is 0 Å². The van der Waals surface area contributed by atoms with Crippen molar-refractivity contribution in [2.75, 3.05) is 13.7 Å². The minimum atomic E-state index is -3.85. The maximum Gasteiger partial charge on any atom is 0.240 e. The fourth-order valence-electron chi connectivity index (χ4n) is 1.97. The number of ether oxygens (including phenoxy) is 1. The van der Waals surface area contributed by atoms with Crippen molar-refractivity contribution in [3.63, 3.8) is 0 Å². The highest BCUT2D eigenvalue weighted by Gasteiger charge is 2.20. The summed E-state index contributed by atoms with van der Waals surface area (Å²) >= 11 is 11.7. The summed E-state index contributed by atoms with van der Waals surface area (Å²) in [6, 6.07) is 10.2. The zero-order valence-electron chi connectivity index (χ0n) is 12.1. The van der Waals surface area contributed by atoms with Crippen molar-refractivity contribution < 1.29 is 17.5 Å². The van der Waals surface area contributed by atoms with E-state index in [1.165, 1.54) is 7.11 Å². The van der Waals surface area contributed by atoms with Crippen LogP contribution in [-0.2, 0) is 14.8 Å². The Hall–Kier alpha value is -1.18. The molecule has 2 aromatic carbocycles. The lowest BCUT2D eigenvalue weighted by Crippen LogP contribution is -2.29. The van der Waals surface area contributed by atoms with Crippen molar-refractivity contribution in [1.29, 1.82) is 0 Å². The lowest BCUT2D eigenvalue weighted by molar-refractivity contribution is 0.107. The van der Waals surface area contributed by atoms with Crippen molar-refractivity contribution in [1.82, 2.24) is 4.72 Å². The summed E-state index contributed by atoms with van der Waals surface area (Å²) < 4.78 is 45.3. The Labute approximate surface area is 144 Å². The smallest absolute Gasteiger partial charge is 0.240 e. The van der Waals surface area contributed by atoms with Gasteiger partial charge in [-0.15, -0.1) is 0 Å². The largest absolute Gasteiger partial charge is 0.375 e. The molecule has 0 saturated heterocycles. The third-order valence-electron chi connectivity index (χ3n) is 3.20. The summed E-state index contributed by atoms with van der Waals surface area (Å²) in [7, 11) is -2.39. The van der Waals surface area contributed by atoms with Gasteiger partial charge in [-0.3, -0.25) is 0 Å². The number of methoxy groups -OCH3 is 1. The maximum atomic E-state index is 13.1. The number of rotatable bonds is 6. The van der Waals surface area contributed by atoms with Gasteiger partial charge in [0.05, 0.1) is 16.0 Å². The SMILES string of the molecule is CO[C@H](CNS(=O)(=O)c1ccc(F)c(Cl)c1)c1ccccc1Cl. The summed E-state index contributed by atoms with van der Waals surface area (Å²) in [5.74, 6) is -0.684. The first-order valence-electron chi connectivity index (χ1n) is 6.57. The molecule has 0 fully saturated rings. The Morgan fingerprint density at radius 2 is 1.87 bits per heavy atom. The molecule has 0 radical (unpaired) electrons. The Morgan fingerprint density at radius 3 is 2.48 bits per heavy atom. The molecule has 2 aromatic rings. The van der Waals surface area contributed by atoms with Gasteiger partial charge in [0.1, 0.15) is 5.82 Å². The molecule has 124 valence electrons. The van der Waals surface area contributed by atoms with Gasteiger partial charge < -0.3 is 4.74 Å². The summed E-state index contributed by atoms with van der Waals surface area (Å²) in [6.07, 6.45) is -0.561. The van der Waals surface area contributed by atoms with Crippen LogP contribution in [0.1, 0.15) is 11.7 Å². The number of halogens is 3. The van der Waals surface area contributed by atoms with E-state index in [0.29, 0.717) is 10.6 Å². The second-order valence-corrected chi connectivity index (χ2v) is 7.26. The minimum Gasteiger partial charge on any atom is -0.375 e. The van der Waals surface area contributed by atoms with E-state index in [1.54, 1.807) is 24.3 Å². The summed E-state index contributed by atoms with van der Waals surface area (Å²) in [4.78, 5) is -0.127. The molecular weight excluding hydrogens is 364 g/mol. The van der Waals surface area contributed by atoms with Gasteiger partial charge in [0.2, 0.25) is 10.0 Å². The first-order chi connectivity index (χ1) is 10.8. The molecule has 0 aliphatic heterocycles. The first kappa shape index (κ1) is 18.2. The molecule has 0 bridgehead atoms. The van der Waals surface area contributed by atoms with Crippen molar-refractivity contribution in [3.8, 4) is 0 Å². The van der Waals surface area contributed by atoms with E-state index in [-0.39, 0.29) is 16.5 Å². The van der Waals surface area contributed by atoms with Crippen LogP contribution in [0.25, 0.3) is 0 Å². The van der Waals surface area contributed by atoms with Gasteiger partial charge in [-0.25, -0.2) is 17.5 Å². The normalized spacial score (nSPS) is 13.0. The van der Waals surface area contributed by atoms with Gasteiger partial charge in [0.15, 0.2) is 0 Å². The second-order valence-electron chi connectivity index (χ2n) is 4.67. The average molecular weight is 378 g/mol. The fraction of sp³-hybridized carbons (Fsp3) is 0.200. The predicted molar refractivity (Wildman–Crippen MR) is 87.8 cm³/mol. The van der Waals surface area contributed by atoms with E-state index in [9.17, 15) is 12.8 Å². The van der Waals surface area contributed by atoms with Crippen LogP contribution in [-0.4, -0.2) is 22.1 Å². The number of hydrogen-bond donors (Lipinski definition) is 1. The molecule has 8 heteroatoms. The van der Waals surface area contributed by atoms with Crippen LogP contribution in [0.3, 0.4) is 0 Å². The molecule has 0 amide bonds. The summed E-state index contributed by atoms with van der Waals surface area (Å²) in [6.45, 7) is -0.0302. The number of sulfonamides is 1. The zero-order valence-corrected chi connectivity index (χ0v) is 14.4. The molecule has 23 heavy (non-hydrogen) atoms. The highest BCUT2D eigenvalue weighted by Crippen LogP contribution is 2.25. The molecule has 0 aliphatic rings. The molecule has 0 aromatic heterocycles. The molecular formula is C15H14Cl2FNO3S. The summed E-state index contributed by atoms with van der Waals surface area (Å²) in [5, 5.41) is 0.214. The van der Waals surface area contributed by atoms with Gasteiger partial charge in [-0.2, -0.15) is 0 Å². The van der Waals surface area contributed by atoms with Crippen molar-refractivity contribution >= 4 is 33.2 Å². The van der Waals surface area contributed by atoms with E-state index < -0.39 is 21.9 Å². The molecule has 2 rings (SSSR count). The molecule has 0 saturated carbocycles. The highest BCUT2D eigenvalue weighted by molar-refractivity contribution is 7.89. The van der Waals surface area contributed by atoms with Crippen LogP contribution >= 0.6 is 23.2 Å². The predicted octanol–water partition coefficient (Wildman–Crippen LogP) is 3.80. The molecule has 0 unspecified atom stereocenters. The Morgan fingerprint density at radius 1 is 1.17 bits per heavy atom. The lowest BCUT2D eigenvalue weighted by atomic mass is 10.1. The molecule has 0 heterocycles. The highest BCUT2D eigenvalue weighted by atomic mass is 35.5. The van der Waals surface area contributed by atoms with E-state index in [1.807, 2.05) is 0 Å². The van der Waals surface area contributed by atoms with E-state index in [4.69, 9.17) is 27.9 Å². The Balaban J connectivity index is 2.17. The second kappa shape index (κ2) is 7.59. The minimum absolute atomic E-state index is 0.0302. The fourth-order valence-corrected chi connectivity index (χ4v) is 3.53. The Bertz CT molecular complexity index is 799. The van der Waals surface area contributed by atoms with Crippen molar-refractivity contribution in [2.45, 2.75) is 11.0 Å². The van der Waals surface area contributed by atoms with Gasteiger partial charge in [-0.05, 0) is 24.3 Å². The molecule has 4 nitrogen and oxygen atoms in total. The van der Waals surface area contributed by atoms with Crippen LogP contribution in [0.15, 0.2) is 47.4 Å². The van der Waals surface area contributed by atoms with Gasteiger partial charge in [0.25, 0.3) is 0 Å². The molecule has 1 atom stereocenters. The molecule has 0 aliphatic carbocycles. The van der Waals surface area contributed by atoms with E-state index >= 15 is 0 Å². The van der Waals surface area contributed by atoms with Crippen molar-refractivity contribution in [3.05, 3.63) is 63.9 Å². The van der Waals surface area contributed by atoms with E-state index in [2.05, 4.69) is 4.72 Å². The zero-order chi connectivity index (χ0) is 17.0. The van der Waals surface area contributed by atoms with Crippen LogP contribution in [0.4, 0.5) is 4.39 Å². The van der Waals surface area contributed by atoms with Crippen LogP contribution in [0, 0.1) is 5.82 Å². The molecule has 0 spiro atoms. The number of hydrogen-bond acceptors (Lipinski definition) is 3. The van der Waals surface area contributed by atoms with Crippen molar-refractivity contribution in [2.24, 2.45) is 0 Å². The quantitative estimate of drug-likeness (QED) is 0.832. The monoisotopic (exact) mass is 377 g/mol. The van der Waals surface area contributed by atoms with Gasteiger partial charge in [0, 0.05) is 24.2 Å². The van der Waals surface area contributed by atoms with E-state index in [0.717, 1.165) is 18.2 Å².